The summed E-state index contributed by atoms with van der Waals surface area (Å²) in [5.41, 5.74) is 0.559. The molecule has 0 spiro atoms. The molecule has 2 nitrogen and oxygen atoms in total. The monoisotopic (exact) mass is 330 g/mol. The summed E-state index contributed by atoms with van der Waals surface area (Å²) in [6.45, 7) is 3.69. The Hall–Kier alpha value is -0.710. The Bertz CT molecular complexity index is 454. The summed E-state index contributed by atoms with van der Waals surface area (Å²) < 4.78 is 28.0. The van der Waals surface area contributed by atoms with Crippen LogP contribution in [-0.2, 0) is 0 Å². The molecule has 0 unspecified atom stereocenters. The lowest BCUT2D eigenvalue weighted by Gasteiger charge is -2.41. The van der Waals surface area contributed by atoms with Gasteiger partial charge in [0.05, 0.1) is 0 Å². The first-order chi connectivity index (χ1) is 10.3. The normalized spacial score (nSPS) is 22.1. The zero-order valence-corrected chi connectivity index (χ0v) is 13.7. The topological polar surface area (TPSA) is 15.3 Å². The Morgan fingerprint density at radius 3 is 2.41 bits per heavy atom. The molecule has 1 aromatic rings. The average Bonchev–Trinajstić information content (AvgIpc) is 2.53. The lowest BCUT2D eigenvalue weighted by atomic mass is 9.80. The molecule has 1 aliphatic heterocycles. The van der Waals surface area contributed by atoms with Crippen LogP contribution in [0.1, 0.15) is 43.7 Å². The van der Waals surface area contributed by atoms with Crippen molar-refractivity contribution < 1.29 is 8.78 Å². The van der Waals surface area contributed by atoms with Gasteiger partial charge in [-0.25, -0.2) is 8.78 Å². The Kier molecular flexibility index (Phi) is 6.60. The molecule has 0 bridgehead atoms. The minimum Gasteiger partial charge on any atom is -0.314 e. The molecule has 1 saturated carbocycles. The predicted molar refractivity (Wildman–Crippen MR) is 87.4 cm³/mol. The Balaban J connectivity index is 0.00000176. The summed E-state index contributed by atoms with van der Waals surface area (Å²) in [6, 6.07) is 3.94. The second kappa shape index (κ2) is 8.23. The second-order valence-corrected chi connectivity index (χ2v) is 6.29. The lowest BCUT2D eigenvalue weighted by Crippen LogP contribution is -2.47. The van der Waals surface area contributed by atoms with Gasteiger partial charge in [0, 0.05) is 37.8 Å². The van der Waals surface area contributed by atoms with Crippen LogP contribution in [0.3, 0.4) is 0 Å². The SMILES string of the molecule is Cl.Fc1ccc(F)c([C@H](C2CCCCC2)N2CCNCC2)c1. The molecule has 5 heteroatoms. The molecular formula is C17H25ClF2N2. The van der Waals surface area contributed by atoms with Crippen LogP contribution in [0.5, 0.6) is 0 Å². The van der Waals surface area contributed by atoms with E-state index in [0.717, 1.165) is 39.0 Å². The highest BCUT2D eigenvalue weighted by atomic mass is 35.5. The molecule has 0 amide bonds. The largest absolute Gasteiger partial charge is 0.314 e. The Morgan fingerprint density at radius 2 is 1.73 bits per heavy atom. The van der Waals surface area contributed by atoms with Crippen molar-refractivity contribution >= 4 is 12.4 Å². The summed E-state index contributed by atoms with van der Waals surface area (Å²) in [4.78, 5) is 2.35. The van der Waals surface area contributed by atoms with E-state index in [4.69, 9.17) is 0 Å². The van der Waals surface area contributed by atoms with Crippen LogP contribution in [-0.4, -0.2) is 31.1 Å². The van der Waals surface area contributed by atoms with Gasteiger partial charge >= 0.3 is 0 Å². The van der Waals surface area contributed by atoms with E-state index >= 15 is 0 Å². The highest BCUT2D eigenvalue weighted by Gasteiger charge is 2.32. The van der Waals surface area contributed by atoms with Gasteiger partial charge in [-0.15, -0.1) is 12.4 Å². The second-order valence-electron chi connectivity index (χ2n) is 6.29. The van der Waals surface area contributed by atoms with Crippen LogP contribution in [0.4, 0.5) is 8.78 Å². The maximum absolute atomic E-state index is 14.3. The zero-order valence-electron chi connectivity index (χ0n) is 12.9. The average molecular weight is 331 g/mol. The molecule has 22 heavy (non-hydrogen) atoms. The number of halogens is 3. The molecule has 0 aromatic heterocycles. The van der Waals surface area contributed by atoms with Gasteiger partial charge in [-0.2, -0.15) is 0 Å². The number of nitrogens with zero attached hydrogens (tertiary/aromatic N) is 1. The van der Waals surface area contributed by atoms with Gasteiger partial charge in [0.25, 0.3) is 0 Å². The molecule has 1 aromatic carbocycles. The van der Waals surface area contributed by atoms with Crippen molar-refractivity contribution in [1.29, 1.82) is 0 Å². The fraction of sp³-hybridized carbons (Fsp3) is 0.647. The van der Waals surface area contributed by atoms with Crippen LogP contribution in [0.25, 0.3) is 0 Å². The van der Waals surface area contributed by atoms with E-state index in [1.807, 2.05) is 0 Å². The van der Waals surface area contributed by atoms with Crippen LogP contribution >= 0.6 is 12.4 Å². The Labute approximate surface area is 137 Å². The number of benzene rings is 1. The molecule has 124 valence electrons. The third kappa shape index (κ3) is 3.98. The van der Waals surface area contributed by atoms with Gasteiger partial charge in [0.1, 0.15) is 11.6 Å². The molecule has 1 heterocycles. The van der Waals surface area contributed by atoms with Gasteiger partial charge in [0.2, 0.25) is 0 Å². The summed E-state index contributed by atoms with van der Waals surface area (Å²) >= 11 is 0. The van der Waals surface area contributed by atoms with Crippen molar-refractivity contribution in [2.75, 3.05) is 26.2 Å². The van der Waals surface area contributed by atoms with Crippen molar-refractivity contribution in [2.24, 2.45) is 5.92 Å². The quantitative estimate of drug-likeness (QED) is 0.904. The molecule has 1 N–H and O–H groups in total. The highest BCUT2D eigenvalue weighted by molar-refractivity contribution is 5.85. The number of hydrogen-bond donors (Lipinski definition) is 1. The van der Waals surface area contributed by atoms with Gasteiger partial charge in [0.15, 0.2) is 0 Å². The molecule has 1 atom stereocenters. The maximum Gasteiger partial charge on any atom is 0.128 e. The van der Waals surface area contributed by atoms with E-state index in [1.165, 1.54) is 37.5 Å². The smallest absolute Gasteiger partial charge is 0.128 e. The number of hydrogen-bond acceptors (Lipinski definition) is 2. The van der Waals surface area contributed by atoms with Crippen molar-refractivity contribution in [1.82, 2.24) is 10.2 Å². The first-order valence-corrected chi connectivity index (χ1v) is 8.15. The minimum absolute atomic E-state index is 0. The number of nitrogens with one attached hydrogen (secondary N) is 1. The van der Waals surface area contributed by atoms with E-state index in [-0.39, 0.29) is 30.1 Å². The summed E-state index contributed by atoms with van der Waals surface area (Å²) in [5, 5.41) is 3.34. The van der Waals surface area contributed by atoms with Crippen molar-refractivity contribution in [3.05, 3.63) is 35.4 Å². The fourth-order valence-electron chi connectivity index (χ4n) is 3.90. The van der Waals surface area contributed by atoms with Crippen molar-refractivity contribution in [3.8, 4) is 0 Å². The predicted octanol–water partition coefficient (Wildman–Crippen LogP) is 3.91. The third-order valence-electron chi connectivity index (χ3n) is 4.92. The van der Waals surface area contributed by atoms with Crippen LogP contribution in [0.15, 0.2) is 18.2 Å². The highest BCUT2D eigenvalue weighted by Crippen LogP contribution is 2.39. The third-order valence-corrected chi connectivity index (χ3v) is 4.92. The lowest BCUT2D eigenvalue weighted by molar-refractivity contribution is 0.100. The van der Waals surface area contributed by atoms with Crippen LogP contribution in [0, 0.1) is 17.6 Å². The molecular weight excluding hydrogens is 306 g/mol. The fourth-order valence-corrected chi connectivity index (χ4v) is 3.90. The molecule has 2 fully saturated rings. The van der Waals surface area contributed by atoms with Gasteiger partial charge in [-0.3, -0.25) is 4.90 Å². The minimum atomic E-state index is -0.331. The molecule has 3 rings (SSSR count). The molecule has 1 saturated heterocycles. The summed E-state index contributed by atoms with van der Waals surface area (Å²) in [6.07, 6.45) is 5.96. The summed E-state index contributed by atoms with van der Waals surface area (Å²) in [7, 11) is 0. The molecule has 2 aliphatic rings. The summed E-state index contributed by atoms with van der Waals surface area (Å²) in [5.74, 6) is -0.138. The zero-order chi connectivity index (χ0) is 14.7. The van der Waals surface area contributed by atoms with Crippen LogP contribution in [0.2, 0.25) is 0 Å². The van der Waals surface area contributed by atoms with E-state index < -0.39 is 0 Å². The number of piperazine rings is 1. The van der Waals surface area contributed by atoms with Crippen molar-refractivity contribution in [3.63, 3.8) is 0 Å². The van der Waals surface area contributed by atoms with Gasteiger partial charge in [-0.1, -0.05) is 19.3 Å². The van der Waals surface area contributed by atoms with Gasteiger partial charge in [-0.05, 0) is 37.0 Å². The van der Waals surface area contributed by atoms with E-state index in [9.17, 15) is 8.78 Å². The first-order valence-electron chi connectivity index (χ1n) is 8.15. The van der Waals surface area contributed by atoms with Crippen LogP contribution < -0.4 is 5.32 Å². The molecule has 1 aliphatic carbocycles. The standard InChI is InChI=1S/C17H24F2N2.ClH/c18-14-6-7-16(19)15(12-14)17(13-4-2-1-3-5-13)21-10-8-20-9-11-21;/h6-7,12-13,17,20H,1-5,8-11H2;1H/t17-;/m0./s1. The molecule has 0 radical (unpaired) electrons. The number of rotatable bonds is 3. The van der Waals surface area contributed by atoms with Crippen molar-refractivity contribution in [2.45, 2.75) is 38.1 Å². The first kappa shape index (κ1) is 17.6. The maximum atomic E-state index is 14.3. The van der Waals surface area contributed by atoms with E-state index in [0.29, 0.717) is 11.5 Å². The Morgan fingerprint density at radius 1 is 1.05 bits per heavy atom. The van der Waals surface area contributed by atoms with E-state index in [1.54, 1.807) is 0 Å². The van der Waals surface area contributed by atoms with E-state index in [2.05, 4.69) is 10.2 Å². The van der Waals surface area contributed by atoms with Gasteiger partial charge < -0.3 is 5.32 Å².